The fraction of sp³-hybridized carbons (Fsp3) is 0.385. The Balaban J connectivity index is 3.01. The number of hydrogen-bond acceptors (Lipinski definition) is 0. The molecular formula is C13H17Cl. The summed E-state index contributed by atoms with van der Waals surface area (Å²) in [6, 6.07) is 6.06. The highest BCUT2D eigenvalue weighted by molar-refractivity contribution is 6.30. The molecule has 76 valence electrons. The Kier molecular flexibility index (Phi) is 4.21. The highest BCUT2D eigenvalue weighted by atomic mass is 35.5. The van der Waals surface area contributed by atoms with Gasteiger partial charge in [-0.1, -0.05) is 44.5 Å². The Bertz CT molecular complexity index is 326. The quantitative estimate of drug-likeness (QED) is 0.672. The van der Waals surface area contributed by atoms with E-state index in [4.69, 9.17) is 11.6 Å². The van der Waals surface area contributed by atoms with Crippen LogP contribution in [0.1, 0.15) is 37.8 Å². The van der Waals surface area contributed by atoms with Crippen LogP contribution in [-0.4, -0.2) is 0 Å². The Hall–Kier alpha value is -0.750. The first kappa shape index (κ1) is 11.3. The molecule has 0 radical (unpaired) electrons. The predicted octanol–water partition coefficient (Wildman–Crippen LogP) is 4.72. The molecule has 0 spiro atoms. The van der Waals surface area contributed by atoms with Gasteiger partial charge in [0.2, 0.25) is 0 Å². The van der Waals surface area contributed by atoms with E-state index in [0.717, 1.165) is 24.3 Å². The van der Waals surface area contributed by atoms with Gasteiger partial charge in [0.15, 0.2) is 0 Å². The van der Waals surface area contributed by atoms with E-state index in [9.17, 15) is 0 Å². The summed E-state index contributed by atoms with van der Waals surface area (Å²) in [5.74, 6) is 0. The van der Waals surface area contributed by atoms with Gasteiger partial charge in [0.25, 0.3) is 0 Å². The van der Waals surface area contributed by atoms with Crippen LogP contribution in [-0.2, 0) is 6.42 Å². The normalized spacial score (nSPS) is 10.2. The Labute approximate surface area is 91.6 Å². The van der Waals surface area contributed by atoms with E-state index in [-0.39, 0.29) is 0 Å². The second-order valence-electron chi connectivity index (χ2n) is 3.51. The van der Waals surface area contributed by atoms with Gasteiger partial charge in [-0.2, -0.15) is 0 Å². The van der Waals surface area contributed by atoms with Crippen LogP contribution >= 0.6 is 11.6 Å². The molecule has 1 aromatic rings. The minimum Gasteiger partial charge on any atom is -0.0952 e. The molecular weight excluding hydrogens is 192 g/mol. The second-order valence-corrected chi connectivity index (χ2v) is 3.95. The average Bonchev–Trinajstić information content (AvgIpc) is 2.17. The maximum absolute atomic E-state index is 5.95. The molecule has 1 heteroatoms. The fourth-order valence-electron chi connectivity index (χ4n) is 1.64. The van der Waals surface area contributed by atoms with E-state index in [1.54, 1.807) is 0 Å². The van der Waals surface area contributed by atoms with Crippen molar-refractivity contribution in [3.8, 4) is 0 Å². The summed E-state index contributed by atoms with van der Waals surface area (Å²) in [5.41, 5.74) is 3.80. The van der Waals surface area contributed by atoms with Crippen molar-refractivity contribution in [3.05, 3.63) is 40.9 Å². The van der Waals surface area contributed by atoms with E-state index in [2.05, 4.69) is 26.5 Å². The molecule has 0 heterocycles. The predicted molar refractivity (Wildman–Crippen MR) is 64.8 cm³/mol. The second kappa shape index (κ2) is 5.21. The zero-order valence-corrected chi connectivity index (χ0v) is 9.69. The Morgan fingerprint density at radius 2 is 2.07 bits per heavy atom. The zero-order valence-electron chi connectivity index (χ0n) is 8.94. The summed E-state index contributed by atoms with van der Waals surface area (Å²) >= 11 is 5.95. The smallest absolute Gasteiger partial charge is 0.0409 e. The van der Waals surface area contributed by atoms with Crippen LogP contribution < -0.4 is 0 Å². The largest absolute Gasteiger partial charge is 0.0952 e. The first-order valence-corrected chi connectivity index (χ1v) is 5.53. The number of allylic oxidation sites excluding steroid dienone is 1. The number of halogens is 1. The van der Waals surface area contributed by atoms with Crippen LogP contribution in [0.25, 0.3) is 5.57 Å². The van der Waals surface area contributed by atoms with Gasteiger partial charge in [-0.25, -0.2) is 0 Å². The van der Waals surface area contributed by atoms with Gasteiger partial charge in [0.1, 0.15) is 0 Å². The topological polar surface area (TPSA) is 0 Å². The van der Waals surface area contributed by atoms with Gasteiger partial charge in [-0.15, -0.1) is 0 Å². The molecule has 14 heavy (non-hydrogen) atoms. The molecule has 0 aliphatic carbocycles. The summed E-state index contributed by atoms with van der Waals surface area (Å²) in [5, 5.41) is 0.815. The molecule has 0 atom stereocenters. The standard InChI is InChI=1S/C13H17Cl/c1-4-6-10(3)13-8-7-12(14)9-11(13)5-2/h7-9H,3-6H2,1-2H3. The highest BCUT2D eigenvalue weighted by Crippen LogP contribution is 2.25. The highest BCUT2D eigenvalue weighted by Gasteiger charge is 2.04. The molecule has 0 aliphatic heterocycles. The molecule has 0 N–H and O–H groups in total. The minimum absolute atomic E-state index is 0.815. The maximum Gasteiger partial charge on any atom is 0.0409 e. The molecule has 0 aromatic heterocycles. The SMILES string of the molecule is C=C(CCC)c1ccc(Cl)cc1CC. The van der Waals surface area contributed by atoms with E-state index in [0.29, 0.717) is 0 Å². The number of hydrogen-bond donors (Lipinski definition) is 0. The van der Waals surface area contributed by atoms with Crippen LogP contribution in [0, 0.1) is 0 Å². The number of aryl methyl sites for hydroxylation is 1. The summed E-state index contributed by atoms with van der Waals surface area (Å²) in [6.45, 7) is 8.43. The van der Waals surface area contributed by atoms with Gasteiger partial charge in [-0.3, -0.25) is 0 Å². The molecule has 0 bridgehead atoms. The molecule has 0 unspecified atom stereocenters. The third kappa shape index (κ3) is 2.62. The zero-order chi connectivity index (χ0) is 10.6. The lowest BCUT2D eigenvalue weighted by Crippen LogP contribution is -1.91. The Morgan fingerprint density at radius 1 is 1.36 bits per heavy atom. The number of benzene rings is 1. The fourth-order valence-corrected chi connectivity index (χ4v) is 1.83. The van der Waals surface area contributed by atoms with Crippen molar-refractivity contribution in [2.75, 3.05) is 0 Å². The molecule has 0 saturated carbocycles. The van der Waals surface area contributed by atoms with Crippen molar-refractivity contribution >= 4 is 17.2 Å². The monoisotopic (exact) mass is 208 g/mol. The summed E-state index contributed by atoms with van der Waals surface area (Å²) in [6.07, 6.45) is 3.22. The first-order chi connectivity index (χ1) is 6.69. The van der Waals surface area contributed by atoms with Gasteiger partial charge in [0.05, 0.1) is 0 Å². The van der Waals surface area contributed by atoms with E-state index in [1.807, 2.05) is 12.1 Å². The molecule has 1 aromatic carbocycles. The molecule has 0 amide bonds. The van der Waals surface area contributed by atoms with Crippen LogP contribution in [0.5, 0.6) is 0 Å². The minimum atomic E-state index is 0.815. The molecule has 0 fully saturated rings. The summed E-state index contributed by atoms with van der Waals surface area (Å²) < 4.78 is 0. The lowest BCUT2D eigenvalue weighted by atomic mass is 9.96. The van der Waals surface area contributed by atoms with Crippen molar-refractivity contribution in [2.45, 2.75) is 33.1 Å². The van der Waals surface area contributed by atoms with Gasteiger partial charge in [-0.05, 0) is 41.7 Å². The average molecular weight is 209 g/mol. The lowest BCUT2D eigenvalue weighted by molar-refractivity contribution is 0.970. The van der Waals surface area contributed by atoms with E-state index in [1.165, 1.54) is 16.7 Å². The summed E-state index contributed by atoms with van der Waals surface area (Å²) in [7, 11) is 0. The van der Waals surface area contributed by atoms with Crippen molar-refractivity contribution in [2.24, 2.45) is 0 Å². The van der Waals surface area contributed by atoms with Crippen LogP contribution in [0.3, 0.4) is 0 Å². The molecule has 0 saturated heterocycles. The molecule has 0 nitrogen and oxygen atoms in total. The van der Waals surface area contributed by atoms with Crippen molar-refractivity contribution in [3.63, 3.8) is 0 Å². The molecule has 1 rings (SSSR count). The van der Waals surface area contributed by atoms with Gasteiger partial charge in [0, 0.05) is 5.02 Å². The third-order valence-electron chi connectivity index (χ3n) is 2.38. The summed E-state index contributed by atoms with van der Waals surface area (Å²) in [4.78, 5) is 0. The van der Waals surface area contributed by atoms with Crippen molar-refractivity contribution in [1.29, 1.82) is 0 Å². The van der Waals surface area contributed by atoms with Crippen molar-refractivity contribution in [1.82, 2.24) is 0 Å². The molecule has 0 aliphatic rings. The van der Waals surface area contributed by atoms with Gasteiger partial charge >= 0.3 is 0 Å². The van der Waals surface area contributed by atoms with Crippen LogP contribution in [0.15, 0.2) is 24.8 Å². The van der Waals surface area contributed by atoms with Gasteiger partial charge < -0.3 is 0 Å². The Morgan fingerprint density at radius 3 is 2.64 bits per heavy atom. The van der Waals surface area contributed by atoms with Crippen LogP contribution in [0.4, 0.5) is 0 Å². The number of rotatable bonds is 4. The van der Waals surface area contributed by atoms with Crippen LogP contribution in [0.2, 0.25) is 5.02 Å². The van der Waals surface area contributed by atoms with Crippen molar-refractivity contribution < 1.29 is 0 Å². The third-order valence-corrected chi connectivity index (χ3v) is 2.62. The van der Waals surface area contributed by atoms with E-state index < -0.39 is 0 Å². The van der Waals surface area contributed by atoms with E-state index >= 15 is 0 Å². The maximum atomic E-state index is 5.95. The first-order valence-electron chi connectivity index (χ1n) is 5.15. The lowest BCUT2D eigenvalue weighted by Gasteiger charge is -2.10.